The predicted molar refractivity (Wildman–Crippen MR) is 73.8 cm³/mol. The molecule has 1 aliphatic rings. The molecule has 0 atom stereocenters. The molecule has 0 aromatic carbocycles. The maximum Gasteiger partial charge on any atom is 0.196 e. The molecule has 1 fully saturated rings. The number of halogens is 1. The van der Waals surface area contributed by atoms with Gasteiger partial charge >= 0.3 is 0 Å². The number of ketones is 1. The van der Waals surface area contributed by atoms with Gasteiger partial charge in [-0.25, -0.2) is 0 Å². The molecule has 0 radical (unpaired) electrons. The number of carbonyl (C=O) groups excluding carboxylic acids is 1. The van der Waals surface area contributed by atoms with Gasteiger partial charge in [-0.05, 0) is 35.7 Å². The third kappa shape index (κ3) is 2.64. The van der Waals surface area contributed by atoms with Gasteiger partial charge in [0, 0.05) is 27.4 Å². The molecule has 1 aromatic heterocycles. The van der Waals surface area contributed by atoms with E-state index < -0.39 is 5.60 Å². The molecular weight excluding hydrogens is 300 g/mol. The van der Waals surface area contributed by atoms with Crippen LogP contribution in [0.2, 0.25) is 0 Å². The van der Waals surface area contributed by atoms with Gasteiger partial charge in [0.2, 0.25) is 0 Å². The van der Waals surface area contributed by atoms with E-state index in [4.69, 9.17) is 4.74 Å². The van der Waals surface area contributed by atoms with Gasteiger partial charge in [0.05, 0.1) is 0 Å². The molecule has 0 spiro atoms. The number of rotatable bonds is 4. The first-order valence-electron chi connectivity index (χ1n) is 6.10. The average Bonchev–Trinajstić information content (AvgIpc) is 2.76. The number of Topliss-reactive ketones (excluding diaryl/α,β-unsaturated/α-hetero) is 1. The fourth-order valence-electron chi connectivity index (χ4n) is 2.53. The van der Waals surface area contributed by atoms with Crippen LogP contribution in [-0.2, 0) is 4.74 Å². The van der Waals surface area contributed by atoms with Crippen molar-refractivity contribution >= 4 is 33.0 Å². The van der Waals surface area contributed by atoms with E-state index in [0.29, 0.717) is 6.61 Å². The van der Waals surface area contributed by atoms with Gasteiger partial charge in [-0.2, -0.15) is 11.3 Å². The molecule has 0 saturated heterocycles. The Labute approximate surface area is 114 Å². The Kier molecular flexibility index (Phi) is 4.39. The van der Waals surface area contributed by atoms with E-state index in [1.54, 1.807) is 11.3 Å². The zero-order valence-electron chi connectivity index (χ0n) is 10.0. The topological polar surface area (TPSA) is 26.3 Å². The van der Waals surface area contributed by atoms with E-state index in [2.05, 4.69) is 15.9 Å². The summed E-state index contributed by atoms with van der Waals surface area (Å²) >= 11 is 4.99. The molecule has 1 heterocycles. The van der Waals surface area contributed by atoms with Gasteiger partial charge < -0.3 is 4.74 Å². The summed E-state index contributed by atoms with van der Waals surface area (Å²) in [5.41, 5.74) is 0.224. The highest BCUT2D eigenvalue weighted by atomic mass is 79.9. The van der Waals surface area contributed by atoms with Crippen molar-refractivity contribution in [1.29, 1.82) is 0 Å². The summed E-state index contributed by atoms with van der Waals surface area (Å²) in [5.74, 6) is 0.159. The van der Waals surface area contributed by atoms with E-state index in [1.807, 2.05) is 17.7 Å². The highest BCUT2D eigenvalue weighted by Crippen LogP contribution is 2.37. The van der Waals surface area contributed by atoms with Crippen LogP contribution in [0.4, 0.5) is 0 Å². The van der Waals surface area contributed by atoms with Crippen molar-refractivity contribution in [3.05, 3.63) is 20.8 Å². The van der Waals surface area contributed by atoms with Gasteiger partial charge in [0.15, 0.2) is 5.78 Å². The highest BCUT2D eigenvalue weighted by molar-refractivity contribution is 9.10. The largest absolute Gasteiger partial charge is 0.367 e. The van der Waals surface area contributed by atoms with Crippen LogP contribution in [0.15, 0.2) is 15.2 Å². The van der Waals surface area contributed by atoms with Gasteiger partial charge in [-0.1, -0.05) is 19.3 Å². The lowest BCUT2D eigenvalue weighted by Crippen LogP contribution is -2.43. The van der Waals surface area contributed by atoms with Crippen LogP contribution < -0.4 is 0 Å². The Morgan fingerprint density at radius 2 is 2.12 bits per heavy atom. The first-order chi connectivity index (χ1) is 8.19. The van der Waals surface area contributed by atoms with Crippen LogP contribution >= 0.6 is 27.3 Å². The maximum atomic E-state index is 12.6. The average molecular weight is 317 g/mol. The molecule has 1 aromatic rings. The molecule has 0 bridgehead atoms. The molecule has 2 rings (SSSR count). The fraction of sp³-hybridized carbons (Fsp3) is 0.615. The van der Waals surface area contributed by atoms with Crippen molar-refractivity contribution in [3.8, 4) is 0 Å². The van der Waals surface area contributed by atoms with E-state index in [1.165, 1.54) is 6.42 Å². The number of ether oxygens (including phenoxy) is 1. The van der Waals surface area contributed by atoms with E-state index in [-0.39, 0.29) is 5.78 Å². The predicted octanol–water partition coefficient (Wildman–Crippen LogP) is 4.43. The van der Waals surface area contributed by atoms with Crippen molar-refractivity contribution < 1.29 is 9.53 Å². The monoisotopic (exact) mass is 316 g/mol. The minimum Gasteiger partial charge on any atom is -0.367 e. The second kappa shape index (κ2) is 5.63. The smallest absolute Gasteiger partial charge is 0.196 e. The summed E-state index contributed by atoms with van der Waals surface area (Å²) in [7, 11) is 0. The molecule has 0 aliphatic heterocycles. The second-order valence-electron chi connectivity index (χ2n) is 4.45. The van der Waals surface area contributed by atoms with Crippen LogP contribution in [-0.4, -0.2) is 18.0 Å². The van der Waals surface area contributed by atoms with Crippen molar-refractivity contribution in [2.24, 2.45) is 0 Å². The molecule has 1 saturated carbocycles. The zero-order valence-corrected chi connectivity index (χ0v) is 12.4. The third-order valence-electron chi connectivity index (χ3n) is 3.36. The fourth-order valence-corrected chi connectivity index (χ4v) is 3.98. The van der Waals surface area contributed by atoms with Crippen LogP contribution in [0.5, 0.6) is 0 Å². The van der Waals surface area contributed by atoms with Crippen molar-refractivity contribution in [1.82, 2.24) is 0 Å². The van der Waals surface area contributed by atoms with Crippen molar-refractivity contribution in [2.45, 2.75) is 44.6 Å². The van der Waals surface area contributed by atoms with E-state index >= 15 is 0 Å². The molecular formula is C13H17BrO2S. The molecule has 17 heavy (non-hydrogen) atoms. The van der Waals surface area contributed by atoms with Crippen LogP contribution in [0, 0.1) is 0 Å². The highest BCUT2D eigenvalue weighted by Gasteiger charge is 2.41. The van der Waals surface area contributed by atoms with Gasteiger partial charge in [0.1, 0.15) is 5.60 Å². The van der Waals surface area contributed by atoms with Crippen LogP contribution in [0.25, 0.3) is 0 Å². The van der Waals surface area contributed by atoms with Crippen molar-refractivity contribution in [3.63, 3.8) is 0 Å². The number of carbonyl (C=O) groups is 1. The minimum absolute atomic E-state index is 0.159. The Bertz CT molecular complexity index is 388. The molecule has 4 heteroatoms. The SMILES string of the molecule is CCOC1(C(=O)c2cscc2Br)CCCCC1. The van der Waals surface area contributed by atoms with Crippen molar-refractivity contribution in [2.75, 3.05) is 6.61 Å². The Balaban J connectivity index is 2.27. The lowest BCUT2D eigenvalue weighted by atomic mass is 9.79. The normalized spacial score (nSPS) is 19.2. The summed E-state index contributed by atoms with van der Waals surface area (Å²) in [6, 6.07) is 0. The molecule has 0 N–H and O–H groups in total. The lowest BCUT2D eigenvalue weighted by Gasteiger charge is -2.35. The van der Waals surface area contributed by atoms with Gasteiger partial charge in [-0.15, -0.1) is 0 Å². The molecule has 0 unspecified atom stereocenters. The summed E-state index contributed by atoms with van der Waals surface area (Å²) < 4.78 is 6.75. The molecule has 1 aliphatic carbocycles. The number of hydrogen-bond donors (Lipinski definition) is 0. The van der Waals surface area contributed by atoms with E-state index in [9.17, 15) is 4.79 Å². The zero-order chi connectivity index (χ0) is 12.3. The lowest BCUT2D eigenvalue weighted by molar-refractivity contribution is -0.0411. The summed E-state index contributed by atoms with van der Waals surface area (Å²) in [6.45, 7) is 2.57. The first kappa shape index (κ1) is 13.2. The summed E-state index contributed by atoms with van der Waals surface area (Å²) in [6.07, 6.45) is 5.12. The molecule has 0 amide bonds. The number of hydrogen-bond acceptors (Lipinski definition) is 3. The van der Waals surface area contributed by atoms with Gasteiger partial charge in [0.25, 0.3) is 0 Å². The van der Waals surface area contributed by atoms with Crippen LogP contribution in [0.3, 0.4) is 0 Å². The second-order valence-corrected chi connectivity index (χ2v) is 6.05. The summed E-state index contributed by atoms with van der Waals surface area (Å²) in [4.78, 5) is 12.6. The third-order valence-corrected chi connectivity index (χ3v) is 5.06. The Morgan fingerprint density at radius 3 is 2.65 bits per heavy atom. The number of thiophene rings is 1. The Hall–Kier alpha value is -0.190. The van der Waals surface area contributed by atoms with E-state index in [0.717, 1.165) is 35.7 Å². The first-order valence-corrected chi connectivity index (χ1v) is 7.83. The minimum atomic E-state index is -0.559. The molecule has 2 nitrogen and oxygen atoms in total. The van der Waals surface area contributed by atoms with Gasteiger partial charge in [-0.3, -0.25) is 4.79 Å². The standard InChI is InChI=1S/C13H17BrO2S/c1-2-16-13(6-4-3-5-7-13)12(15)10-8-17-9-11(10)14/h8-9H,2-7H2,1H3. The molecule has 94 valence electrons. The summed E-state index contributed by atoms with van der Waals surface area (Å²) in [5, 5.41) is 3.87. The quantitative estimate of drug-likeness (QED) is 0.768. The Morgan fingerprint density at radius 1 is 1.41 bits per heavy atom. The maximum absolute atomic E-state index is 12.6. The van der Waals surface area contributed by atoms with Crippen LogP contribution in [0.1, 0.15) is 49.4 Å².